The molecule has 0 saturated heterocycles. The molecule has 2 aromatic rings. The predicted octanol–water partition coefficient (Wildman–Crippen LogP) is 2.74. The minimum Gasteiger partial charge on any atom is -0.386 e. The number of hydrogen-bond donors (Lipinski definition) is 2. The third-order valence-corrected chi connectivity index (χ3v) is 3.73. The van der Waals surface area contributed by atoms with Crippen molar-refractivity contribution in [2.75, 3.05) is 14.1 Å². The molecule has 2 unspecified atom stereocenters. The van der Waals surface area contributed by atoms with Crippen LogP contribution in [0.3, 0.4) is 0 Å². The Kier molecular flexibility index (Phi) is 6.06. The van der Waals surface area contributed by atoms with Crippen molar-refractivity contribution in [2.45, 2.75) is 25.6 Å². The normalized spacial score (nSPS) is 13.6. The average Bonchev–Trinajstić information content (AvgIpc) is 2.54. The van der Waals surface area contributed by atoms with Crippen LogP contribution in [0.15, 0.2) is 48.5 Å². The Morgan fingerprint density at radius 2 is 1.88 bits per heavy atom. The molecule has 5 heteroatoms. The summed E-state index contributed by atoms with van der Waals surface area (Å²) in [6.07, 6.45) is -0.903. The highest BCUT2D eigenvalue weighted by molar-refractivity contribution is 5.94. The van der Waals surface area contributed by atoms with Gasteiger partial charge in [0.2, 0.25) is 0 Å². The fourth-order valence-corrected chi connectivity index (χ4v) is 2.49. The van der Waals surface area contributed by atoms with Gasteiger partial charge in [0, 0.05) is 12.1 Å². The van der Waals surface area contributed by atoms with E-state index in [1.165, 1.54) is 24.3 Å². The lowest BCUT2D eigenvalue weighted by molar-refractivity contribution is 0.0852. The molecule has 0 aliphatic carbocycles. The Morgan fingerprint density at radius 1 is 1.21 bits per heavy atom. The van der Waals surface area contributed by atoms with E-state index in [1.807, 2.05) is 37.2 Å². The van der Waals surface area contributed by atoms with Crippen LogP contribution < -0.4 is 5.32 Å². The SMILES string of the molecule is CC(NC(=O)c1cccc(CN(C)C)c1)C(O)c1ccc(F)cc1. The van der Waals surface area contributed by atoms with E-state index < -0.39 is 12.1 Å². The third kappa shape index (κ3) is 4.88. The van der Waals surface area contributed by atoms with E-state index in [0.717, 1.165) is 12.1 Å². The Bertz CT molecular complexity index is 686. The zero-order valence-corrected chi connectivity index (χ0v) is 14.2. The lowest BCUT2D eigenvalue weighted by Crippen LogP contribution is -2.37. The van der Waals surface area contributed by atoms with E-state index in [9.17, 15) is 14.3 Å². The van der Waals surface area contributed by atoms with Gasteiger partial charge in [-0.15, -0.1) is 0 Å². The molecule has 0 fully saturated rings. The molecule has 0 radical (unpaired) electrons. The Morgan fingerprint density at radius 3 is 2.50 bits per heavy atom. The predicted molar refractivity (Wildman–Crippen MR) is 92.1 cm³/mol. The summed E-state index contributed by atoms with van der Waals surface area (Å²) in [6.45, 7) is 2.46. The second kappa shape index (κ2) is 8.04. The van der Waals surface area contributed by atoms with Crippen LogP contribution in [0, 0.1) is 5.82 Å². The molecule has 0 bridgehead atoms. The molecule has 0 aliphatic rings. The van der Waals surface area contributed by atoms with Gasteiger partial charge in [-0.2, -0.15) is 0 Å². The van der Waals surface area contributed by atoms with Gasteiger partial charge in [-0.1, -0.05) is 24.3 Å². The standard InChI is InChI=1S/C19H23FN2O2/c1-13(18(23)15-7-9-17(20)10-8-15)21-19(24)16-6-4-5-14(11-16)12-22(2)3/h4-11,13,18,23H,12H2,1-3H3,(H,21,24). The van der Waals surface area contributed by atoms with Crippen molar-refractivity contribution in [3.63, 3.8) is 0 Å². The summed E-state index contributed by atoms with van der Waals surface area (Å²) in [5, 5.41) is 13.1. The van der Waals surface area contributed by atoms with E-state index in [4.69, 9.17) is 0 Å². The van der Waals surface area contributed by atoms with E-state index >= 15 is 0 Å². The average molecular weight is 330 g/mol. The summed E-state index contributed by atoms with van der Waals surface area (Å²) >= 11 is 0. The number of aliphatic hydroxyl groups excluding tert-OH is 1. The second-order valence-electron chi connectivity index (χ2n) is 6.20. The molecular weight excluding hydrogens is 307 g/mol. The van der Waals surface area contributed by atoms with E-state index in [2.05, 4.69) is 5.32 Å². The van der Waals surface area contributed by atoms with Gasteiger partial charge in [-0.25, -0.2) is 4.39 Å². The monoisotopic (exact) mass is 330 g/mol. The molecule has 0 spiro atoms. The Labute approximate surface area is 141 Å². The molecule has 0 aliphatic heterocycles. The van der Waals surface area contributed by atoms with Crippen LogP contribution in [0.25, 0.3) is 0 Å². The van der Waals surface area contributed by atoms with Gasteiger partial charge in [0.05, 0.1) is 12.1 Å². The molecule has 2 atom stereocenters. The maximum atomic E-state index is 13.0. The number of aliphatic hydroxyl groups is 1. The van der Waals surface area contributed by atoms with Crippen molar-refractivity contribution >= 4 is 5.91 Å². The van der Waals surface area contributed by atoms with E-state index in [1.54, 1.807) is 13.0 Å². The summed E-state index contributed by atoms with van der Waals surface area (Å²) in [7, 11) is 3.93. The van der Waals surface area contributed by atoms with Crippen molar-refractivity contribution in [3.8, 4) is 0 Å². The summed E-state index contributed by atoms with van der Waals surface area (Å²) in [4.78, 5) is 14.4. The Hall–Kier alpha value is -2.24. The van der Waals surface area contributed by atoms with Gasteiger partial charge >= 0.3 is 0 Å². The maximum absolute atomic E-state index is 13.0. The van der Waals surface area contributed by atoms with Gasteiger partial charge in [0.25, 0.3) is 5.91 Å². The zero-order valence-electron chi connectivity index (χ0n) is 14.2. The minimum absolute atomic E-state index is 0.246. The smallest absolute Gasteiger partial charge is 0.251 e. The van der Waals surface area contributed by atoms with Crippen LogP contribution in [0.1, 0.15) is 34.5 Å². The Balaban J connectivity index is 2.04. The molecule has 0 saturated carbocycles. The first-order valence-electron chi connectivity index (χ1n) is 7.85. The molecule has 1 amide bonds. The quantitative estimate of drug-likeness (QED) is 0.856. The molecular formula is C19H23FN2O2. The molecule has 0 aromatic heterocycles. The lowest BCUT2D eigenvalue weighted by Gasteiger charge is -2.21. The summed E-state index contributed by atoms with van der Waals surface area (Å²) in [5.74, 6) is -0.607. The molecule has 4 nitrogen and oxygen atoms in total. The third-order valence-electron chi connectivity index (χ3n) is 3.73. The summed E-state index contributed by atoms with van der Waals surface area (Å²) in [5.41, 5.74) is 2.15. The van der Waals surface area contributed by atoms with Crippen LogP contribution in [-0.4, -0.2) is 36.1 Å². The van der Waals surface area contributed by atoms with E-state index in [0.29, 0.717) is 11.1 Å². The number of carbonyl (C=O) groups is 1. The first kappa shape index (κ1) is 18.1. The number of halogens is 1. The van der Waals surface area contributed by atoms with E-state index in [-0.39, 0.29) is 11.7 Å². The molecule has 2 rings (SSSR count). The summed E-state index contributed by atoms with van der Waals surface area (Å²) in [6, 6.07) is 12.5. The zero-order chi connectivity index (χ0) is 17.7. The van der Waals surface area contributed by atoms with Crippen molar-refractivity contribution in [1.29, 1.82) is 0 Å². The van der Waals surface area contributed by atoms with Crippen LogP contribution in [0.4, 0.5) is 4.39 Å². The molecule has 128 valence electrons. The van der Waals surface area contributed by atoms with Gasteiger partial charge in [0.1, 0.15) is 5.82 Å². The van der Waals surface area contributed by atoms with Crippen LogP contribution >= 0.6 is 0 Å². The first-order valence-corrected chi connectivity index (χ1v) is 7.85. The van der Waals surface area contributed by atoms with Crippen molar-refractivity contribution < 1.29 is 14.3 Å². The van der Waals surface area contributed by atoms with Gasteiger partial charge in [-0.3, -0.25) is 4.79 Å². The highest BCUT2D eigenvalue weighted by Crippen LogP contribution is 2.17. The number of rotatable bonds is 6. The number of carbonyl (C=O) groups excluding carboxylic acids is 1. The second-order valence-corrected chi connectivity index (χ2v) is 6.20. The fraction of sp³-hybridized carbons (Fsp3) is 0.316. The number of amides is 1. The largest absolute Gasteiger partial charge is 0.386 e. The minimum atomic E-state index is -0.903. The number of nitrogens with zero attached hydrogens (tertiary/aromatic N) is 1. The summed E-state index contributed by atoms with van der Waals surface area (Å²) < 4.78 is 13.0. The highest BCUT2D eigenvalue weighted by atomic mass is 19.1. The van der Waals surface area contributed by atoms with Crippen LogP contribution in [0.5, 0.6) is 0 Å². The maximum Gasteiger partial charge on any atom is 0.251 e. The highest BCUT2D eigenvalue weighted by Gasteiger charge is 2.19. The molecule has 24 heavy (non-hydrogen) atoms. The lowest BCUT2D eigenvalue weighted by atomic mass is 10.0. The van der Waals surface area contributed by atoms with Gasteiger partial charge in [0.15, 0.2) is 0 Å². The molecule has 2 aromatic carbocycles. The van der Waals surface area contributed by atoms with Crippen molar-refractivity contribution in [1.82, 2.24) is 10.2 Å². The first-order chi connectivity index (χ1) is 11.4. The van der Waals surface area contributed by atoms with Crippen molar-refractivity contribution in [3.05, 3.63) is 71.0 Å². The van der Waals surface area contributed by atoms with Crippen LogP contribution in [-0.2, 0) is 6.54 Å². The topological polar surface area (TPSA) is 52.6 Å². The van der Waals surface area contributed by atoms with Gasteiger partial charge < -0.3 is 15.3 Å². The number of benzene rings is 2. The number of nitrogens with one attached hydrogen (secondary N) is 1. The van der Waals surface area contributed by atoms with Gasteiger partial charge in [-0.05, 0) is 56.4 Å². The molecule has 2 N–H and O–H groups in total. The number of hydrogen-bond acceptors (Lipinski definition) is 3. The molecule has 0 heterocycles. The van der Waals surface area contributed by atoms with Crippen molar-refractivity contribution in [2.24, 2.45) is 0 Å². The van der Waals surface area contributed by atoms with Crippen LogP contribution in [0.2, 0.25) is 0 Å². The fourth-order valence-electron chi connectivity index (χ4n) is 2.49.